The van der Waals surface area contributed by atoms with Gasteiger partial charge in [0.15, 0.2) is 0 Å². The third-order valence-corrected chi connectivity index (χ3v) is 1.81. The van der Waals surface area contributed by atoms with Crippen LogP contribution in [0.2, 0.25) is 0 Å². The SMILES string of the molecule is O=CNc1nnc(CC(=O)O)s1. The number of aromatic nitrogens is 2. The Bertz CT molecular complexity index is 298. The molecular formula is C5H5N3O3S. The van der Waals surface area contributed by atoms with Gasteiger partial charge in [0.25, 0.3) is 0 Å². The summed E-state index contributed by atoms with van der Waals surface area (Å²) in [6, 6.07) is 0. The predicted molar refractivity (Wildman–Crippen MR) is 40.9 cm³/mol. The summed E-state index contributed by atoms with van der Waals surface area (Å²) in [4.78, 5) is 20.1. The number of hydrogen-bond donors (Lipinski definition) is 2. The van der Waals surface area contributed by atoms with Gasteiger partial charge in [-0.15, -0.1) is 10.2 Å². The van der Waals surface area contributed by atoms with Crippen LogP contribution >= 0.6 is 11.3 Å². The van der Waals surface area contributed by atoms with Crippen molar-refractivity contribution in [2.24, 2.45) is 0 Å². The van der Waals surface area contributed by atoms with E-state index in [4.69, 9.17) is 5.11 Å². The summed E-state index contributed by atoms with van der Waals surface area (Å²) < 4.78 is 0. The van der Waals surface area contributed by atoms with Crippen LogP contribution in [-0.2, 0) is 16.0 Å². The lowest BCUT2D eigenvalue weighted by molar-refractivity contribution is -0.136. The zero-order chi connectivity index (χ0) is 8.97. The molecular weight excluding hydrogens is 182 g/mol. The zero-order valence-corrected chi connectivity index (χ0v) is 6.67. The van der Waals surface area contributed by atoms with Crippen molar-refractivity contribution in [1.82, 2.24) is 10.2 Å². The number of nitrogens with zero attached hydrogens (tertiary/aromatic N) is 2. The Morgan fingerprint density at radius 1 is 1.67 bits per heavy atom. The van der Waals surface area contributed by atoms with Gasteiger partial charge in [0.05, 0.1) is 6.42 Å². The standard InChI is InChI=1S/C5H5N3O3S/c9-2-6-5-8-7-3(12-5)1-4(10)11/h2H,1H2,(H,10,11)(H,6,8,9). The van der Waals surface area contributed by atoms with Crippen LogP contribution in [0.25, 0.3) is 0 Å². The molecule has 64 valence electrons. The second-order valence-corrected chi connectivity index (χ2v) is 2.90. The van der Waals surface area contributed by atoms with Gasteiger partial charge in [0.1, 0.15) is 5.01 Å². The second kappa shape index (κ2) is 3.77. The van der Waals surface area contributed by atoms with Crippen LogP contribution in [0.3, 0.4) is 0 Å². The minimum Gasteiger partial charge on any atom is -0.481 e. The van der Waals surface area contributed by atoms with Gasteiger partial charge >= 0.3 is 5.97 Å². The Morgan fingerprint density at radius 3 is 3.00 bits per heavy atom. The molecule has 1 heterocycles. The maximum absolute atomic E-state index is 10.2. The van der Waals surface area contributed by atoms with Crippen LogP contribution in [0.4, 0.5) is 5.13 Å². The lowest BCUT2D eigenvalue weighted by Gasteiger charge is -1.84. The van der Waals surface area contributed by atoms with Crippen LogP contribution in [0.5, 0.6) is 0 Å². The molecule has 0 aliphatic heterocycles. The summed E-state index contributed by atoms with van der Waals surface area (Å²) in [5.74, 6) is -0.969. The maximum Gasteiger partial charge on any atom is 0.310 e. The average molecular weight is 187 g/mol. The summed E-state index contributed by atoms with van der Waals surface area (Å²) in [6.45, 7) is 0. The lowest BCUT2D eigenvalue weighted by Crippen LogP contribution is -1.98. The molecule has 7 heteroatoms. The number of hydrogen-bond acceptors (Lipinski definition) is 5. The first-order valence-electron chi connectivity index (χ1n) is 2.96. The first-order valence-corrected chi connectivity index (χ1v) is 3.78. The Hall–Kier alpha value is -1.50. The van der Waals surface area contributed by atoms with Crippen LogP contribution in [0.1, 0.15) is 5.01 Å². The Morgan fingerprint density at radius 2 is 2.42 bits per heavy atom. The van der Waals surface area contributed by atoms with Gasteiger partial charge in [-0.1, -0.05) is 11.3 Å². The fourth-order valence-electron chi connectivity index (χ4n) is 0.563. The van der Waals surface area contributed by atoms with Crippen molar-refractivity contribution in [2.45, 2.75) is 6.42 Å². The van der Waals surface area contributed by atoms with Gasteiger partial charge in [-0.2, -0.15) is 0 Å². The number of rotatable bonds is 4. The number of carbonyl (C=O) groups is 2. The summed E-state index contributed by atoms with van der Waals surface area (Å²) in [7, 11) is 0. The van der Waals surface area contributed by atoms with E-state index in [1.165, 1.54) is 0 Å². The maximum atomic E-state index is 10.2. The number of amides is 1. The molecule has 12 heavy (non-hydrogen) atoms. The van der Waals surface area contributed by atoms with E-state index in [2.05, 4.69) is 15.5 Å². The number of carbonyl (C=O) groups excluding carboxylic acids is 1. The molecule has 0 aromatic carbocycles. The second-order valence-electron chi connectivity index (χ2n) is 1.83. The fraction of sp³-hybridized carbons (Fsp3) is 0.200. The van der Waals surface area contributed by atoms with Crippen molar-refractivity contribution in [1.29, 1.82) is 0 Å². The normalized spacial score (nSPS) is 9.33. The van der Waals surface area contributed by atoms with Crippen molar-refractivity contribution >= 4 is 28.8 Å². The Balaban J connectivity index is 2.63. The number of nitrogens with one attached hydrogen (secondary N) is 1. The molecule has 0 radical (unpaired) electrons. The summed E-state index contributed by atoms with van der Waals surface area (Å²) in [5, 5.41) is 18.4. The van der Waals surface area contributed by atoms with E-state index in [0.717, 1.165) is 11.3 Å². The Kier molecular flexibility index (Phi) is 2.70. The fourth-order valence-corrected chi connectivity index (χ4v) is 1.25. The van der Waals surface area contributed by atoms with Gasteiger partial charge in [0, 0.05) is 0 Å². The largest absolute Gasteiger partial charge is 0.481 e. The number of carboxylic acids is 1. The van der Waals surface area contributed by atoms with Crippen LogP contribution < -0.4 is 5.32 Å². The third-order valence-electron chi connectivity index (χ3n) is 0.952. The summed E-state index contributed by atoms with van der Waals surface area (Å²) >= 11 is 1.04. The van der Waals surface area contributed by atoms with Crippen molar-refractivity contribution in [3.63, 3.8) is 0 Å². The van der Waals surface area contributed by atoms with E-state index in [9.17, 15) is 9.59 Å². The molecule has 0 spiro atoms. The minimum absolute atomic E-state index is 0.168. The molecule has 0 aliphatic carbocycles. The molecule has 0 saturated heterocycles. The molecule has 0 atom stereocenters. The van der Waals surface area contributed by atoms with Gasteiger partial charge in [-0.25, -0.2) is 0 Å². The molecule has 2 N–H and O–H groups in total. The number of carboxylic acid groups (broad SMARTS) is 1. The molecule has 1 amide bonds. The molecule has 1 aromatic heterocycles. The molecule has 0 aliphatic rings. The van der Waals surface area contributed by atoms with Crippen LogP contribution in [0, 0.1) is 0 Å². The highest BCUT2D eigenvalue weighted by Gasteiger charge is 2.06. The van der Waals surface area contributed by atoms with Crippen molar-refractivity contribution < 1.29 is 14.7 Å². The monoisotopic (exact) mass is 187 g/mol. The molecule has 0 fully saturated rings. The van der Waals surface area contributed by atoms with Crippen molar-refractivity contribution in [3.8, 4) is 0 Å². The quantitative estimate of drug-likeness (QED) is 0.633. The topological polar surface area (TPSA) is 92.2 Å². The van der Waals surface area contributed by atoms with Gasteiger partial charge in [-0.3, -0.25) is 9.59 Å². The highest BCUT2D eigenvalue weighted by atomic mass is 32.1. The highest BCUT2D eigenvalue weighted by Crippen LogP contribution is 2.14. The van der Waals surface area contributed by atoms with E-state index in [0.29, 0.717) is 16.5 Å². The van der Waals surface area contributed by atoms with E-state index < -0.39 is 5.97 Å². The number of aliphatic carboxylic acids is 1. The third kappa shape index (κ3) is 2.27. The first-order chi connectivity index (χ1) is 5.72. The smallest absolute Gasteiger partial charge is 0.310 e. The number of anilines is 1. The summed E-state index contributed by atoms with van der Waals surface area (Å²) in [6.07, 6.45) is 0.295. The molecule has 1 aromatic rings. The van der Waals surface area contributed by atoms with Crippen LogP contribution in [-0.4, -0.2) is 27.7 Å². The van der Waals surface area contributed by atoms with E-state index >= 15 is 0 Å². The molecule has 0 saturated carbocycles. The van der Waals surface area contributed by atoms with Gasteiger partial charge < -0.3 is 10.4 Å². The predicted octanol–water partition coefficient (Wildman–Crippen LogP) is -0.267. The summed E-state index contributed by atoms with van der Waals surface area (Å²) in [5.41, 5.74) is 0. The van der Waals surface area contributed by atoms with Crippen LogP contribution in [0.15, 0.2) is 0 Å². The van der Waals surface area contributed by atoms with Crippen molar-refractivity contribution in [2.75, 3.05) is 5.32 Å². The molecule has 1 rings (SSSR count). The first kappa shape index (κ1) is 8.60. The average Bonchev–Trinajstić information content (AvgIpc) is 2.36. The van der Waals surface area contributed by atoms with E-state index in [1.807, 2.05) is 0 Å². The minimum atomic E-state index is -0.969. The lowest BCUT2D eigenvalue weighted by atomic mass is 10.5. The van der Waals surface area contributed by atoms with Gasteiger partial charge in [0.2, 0.25) is 11.5 Å². The van der Waals surface area contributed by atoms with Gasteiger partial charge in [-0.05, 0) is 0 Å². The Labute approximate surface area is 71.2 Å². The molecule has 6 nitrogen and oxygen atoms in total. The highest BCUT2D eigenvalue weighted by molar-refractivity contribution is 7.15. The van der Waals surface area contributed by atoms with Crippen molar-refractivity contribution in [3.05, 3.63) is 5.01 Å². The molecule has 0 unspecified atom stereocenters. The zero-order valence-electron chi connectivity index (χ0n) is 5.85. The van der Waals surface area contributed by atoms with E-state index in [-0.39, 0.29) is 6.42 Å². The molecule has 0 bridgehead atoms. The van der Waals surface area contributed by atoms with E-state index in [1.54, 1.807) is 0 Å².